The normalized spacial score (nSPS) is 13.2. The molecule has 170 valence electrons. The highest BCUT2D eigenvalue weighted by Crippen LogP contribution is 2.44. The van der Waals surface area contributed by atoms with Crippen molar-refractivity contribution in [3.8, 4) is 11.1 Å². The fourth-order valence-electron chi connectivity index (χ4n) is 4.19. The first kappa shape index (κ1) is 22.6. The van der Waals surface area contributed by atoms with E-state index < -0.39 is 18.1 Å². The molecule has 0 fully saturated rings. The molecule has 4 rings (SSSR count). The van der Waals surface area contributed by atoms with E-state index in [0.29, 0.717) is 0 Å². The van der Waals surface area contributed by atoms with Gasteiger partial charge in [-0.2, -0.15) is 0 Å². The van der Waals surface area contributed by atoms with Crippen LogP contribution in [0.1, 0.15) is 42.0 Å². The number of benzene rings is 3. The summed E-state index contributed by atoms with van der Waals surface area (Å²) in [5, 5.41) is 2.70. The first-order valence-corrected chi connectivity index (χ1v) is 11.3. The Labute approximate surface area is 194 Å². The van der Waals surface area contributed by atoms with E-state index >= 15 is 0 Å². The van der Waals surface area contributed by atoms with Crippen LogP contribution in [0.15, 0.2) is 72.8 Å². The Morgan fingerprint density at radius 3 is 2.00 bits per heavy atom. The van der Waals surface area contributed by atoms with Crippen molar-refractivity contribution < 1.29 is 19.1 Å². The molecule has 0 spiro atoms. The minimum atomic E-state index is -0.786. The van der Waals surface area contributed by atoms with Crippen LogP contribution in [0.4, 0.5) is 4.79 Å². The molecular weight excluding hydrogens is 414 g/mol. The lowest BCUT2D eigenvalue weighted by Gasteiger charge is -2.21. The third-order valence-electron chi connectivity index (χ3n) is 6.04. The number of ether oxygens (including phenoxy) is 2. The molecule has 33 heavy (non-hydrogen) atoms. The van der Waals surface area contributed by atoms with Crippen molar-refractivity contribution in [2.45, 2.75) is 39.3 Å². The Morgan fingerprint density at radius 1 is 0.848 bits per heavy atom. The average molecular weight is 444 g/mol. The minimum absolute atomic E-state index is 0.0332. The summed E-state index contributed by atoms with van der Waals surface area (Å²) in [6, 6.07) is 23.3. The fourth-order valence-corrected chi connectivity index (χ4v) is 4.19. The zero-order chi connectivity index (χ0) is 23.4. The molecule has 5 heteroatoms. The number of fused-ring (bicyclic) bond motifs is 3. The third-order valence-corrected chi connectivity index (χ3v) is 6.04. The zero-order valence-electron chi connectivity index (χ0n) is 19.2. The van der Waals surface area contributed by atoms with Crippen molar-refractivity contribution in [3.05, 3.63) is 95.1 Å². The van der Waals surface area contributed by atoms with Crippen LogP contribution in [0.5, 0.6) is 0 Å². The van der Waals surface area contributed by atoms with Gasteiger partial charge in [-0.05, 0) is 40.7 Å². The number of rotatable bonds is 7. The lowest BCUT2D eigenvalue weighted by molar-refractivity contribution is -0.148. The van der Waals surface area contributed by atoms with E-state index in [4.69, 9.17) is 9.47 Å². The van der Waals surface area contributed by atoms with Crippen LogP contribution in [0.25, 0.3) is 11.1 Å². The Morgan fingerprint density at radius 2 is 1.42 bits per heavy atom. The van der Waals surface area contributed by atoms with Gasteiger partial charge in [0.1, 0.15) is 19.3 Å². The van der Waals surface area contributed by atoms with Gasteiger partial charge in [-0.3, -0.25) is 0 Å². The number of carbonyl (C=O) groups excluding carboxylic acids is 2. The van der Waals surface area contributed by atoms with Crippen molar-refractivity contribution >= 4 is 12.1 Å². The summed E-state index contributed by atoms with van der Waals surface area (Å²) >= 11 is 0. The number of nitrogens with one attached hydrogen (secondary N) is 1. The van der Waals surface area contributed by atoms with Gasteiger partial charge in [-0.25, -0.2) is 9.59 Å². The number of aryl methyl sites for hydroxylation is 1. The molecule has 0 aromatic heterocycles. The lowest BCUT2D eigenvalue weighted by Crippen LogP contribution is -2.45. The molecule has 1 aliphatic rings. The van der Waals surface area contributed by atoms with Gasteiger partial charge < -0.3 is 14.8 Å². The first-order chi connectivity index (χ1) is 15.9. The molecular formula is C28H29NO4. The summed E-state index contributed by atoms with van der Waals surface area (Å²) in [6.07, 6.45) is -0.622. The van der Waals surface area contributed by atoms with Gasteiger partial charge in [0.2, 0.25) is 0 Å². The Hall–Kier alpha value is -3.60. The zero-order valence-corrected chi connectivity index (χ0v) is 19.2. The van der Waals surface area contributed by atoms with E-state index in [9.17, 15) is 9.59 Å². The minimum Gasteiger partial charge on any atom is -0.459 e. The number of alkyl carbamates (subject to hydrolysis) is 1. The molecule has 0 unspecified atom stereocenters. The van der Waals surface area contributed by atoms with E-state index in [1.54, 1.807) is 0 Å². The van der Waals surface area contributed by atoms with Crippen LogP contribution in [0.2, 0.25) is 0 Å². The molecule has 0 radical (unpaired) electrons. The van der Waals surface area contributed by atoms with Gasteiger partial charge in [0.15, 0.2) is 0 Å². The van der Waals surface area contributed by atoms with Crippen LogP contribution in [-0.4, -0.2) is 24.7 Å². The van der Waals surface area contributed by atoms with Crippen molar-refractivity contribution in [1.29, 1.82) is 0 Å². The number of esters is 1. The summed E-state index contributed by atoms with van der Waals surface area (Å²) < 4.78 is 11.0. The molecule has 0 aliphatic heterocycles. The van der Waals surface area contributed by atoms with E-state index in [1.165, 1.54) is 11.1 Å². The van der Waals surface area contributed by atoms with Crippen molar-refractivity contribution in [3.63, 3.8) is 0 Å². The Bertz CT molecular complexity index is 1090. The first-order valence-electron chi connectivity index (χ1n) is 11.3. The molecule has 0 bridgehead atoms. The highest BCUT2D eigenvalue weighted by molar-refractivity contribution is 5.82. The molecule has 1 atom stereocenters. The number of carbonyl (C=O) groups is 2. The van der Waals surface area contributed by atoms with Gasteiger partial charge >= 0.3 is 12.1 Å². The standard InChI is InChI=1S/C28H29NO4/c1-18(2)26(27(30)32-16-20-14-12-19(3)13-15-20)29-28(31)33-17-25-23-10-6-4-8-21(23)22-9-5-7-11-24(22)25/h4-15,18,25-26H,16-17H2,1-3H3,(H,29,31)/t26-/m0/s1. The molecule has 3 aromatic carbocycles. The van der Waals surface area contributed by atoms with Crippen LogP contribution in [0.3, 0.4) is 0 Å². The van der Waals surface area contributed by atoms with Gasteiger partial charge in [0.25, 0.3) is 0 Å². The van der Waals surface area contributed by atoms with Crippen LogP contribution < -0.4 is 5.32 Å². The number of hydrogen-bond donors (Lipinski definition) is 1. The molecule has 0 heterocycles. The van der Waals surface area contributed by atoms with Gasteiger partial charge in [-0.15, -0.1) is 0 Å². The van der Waals surface area contributed by atoms with Crippen LogP contribution >= 0.6 is 0 Å². The highest BCUT2D eigenvalue weighted by atomic mass is 16.6. The summed E-state index contributed by atoms with van der Waals surface area (Å²) in [5.74, 6) is -0.649. The van der Waals surface area contributed by atoms with Crippen LogP contribution in [0, 0.1) is 12.8 Å². The quantitative estimate of drug-likeness (QED) is 0.483. The number of hydrogen-bond acceptors (Lipinski definition) is 4. The number of amides is 1. The van der Waals surface area contributed by atoms with E-state index in [2.05, 4.69) is 29.6 Å². The molecule has 0 saturated heterocycles. The molecule has 1 aliphatic carbocycles. The second-order valence-electron chi connectivity index (χ2n) is 8.78. The molecule has 1 amide bonds. The largest absolute Gasteiger partial charge is 0.459 e. The maximum atomic E-state index is 12.7. The Balaban J connectivity index is 1.37. The molecule has 1 N–H and O–H groups in total. The second-order valence-corrected chi connectivity index (χ2v) is 8.78. The van der Waals surface area contributed by atoms with E-state index in [0.717, 1.165) is 22.3 Å². The smallest absolute Gasteiger partial charge is 0.407 e. The fraction of sp³-hybridized carbons (Fsp3) is 0.286. The Kier molecular flexibility index (Phi) is 6.78. The third kappa shape index (κ3) is 5.08. The lowest BCUT2D eigenvalue weighted by atomic mass is 9.98. The maximum absolute atomic E-state index is 12.7. The molecule has 5 nitrogen and oxygen atoms in total. The SMILES string of the molecule is Cc1ccc(COC(=O)[C@@H](NC(=O)OCC2c3ccccc3-c3ccccc32)C(C)C)cc1. The van der Waals surface area contributed by atoms with E-state index in [1.807, 2.05) is 69.3 Å². The maximum Gasteiger partial charge on any atom is 0.407 e. The predicted octanol–water partition coefficient (Wildman–Crippen LogP) is 5.60. The molecule has 0 saturated carbocycles. The summed E-state index contributed by atoms with van der Waals surface area (Å²) in [6.45, 7) is 6.09. The van der Waals surface area contributed by atoms with Gasteiger partial charge in [0.05, 0.1) is 0 Å². The van der Waals surface area contributed by atoms with Crippen molar-refractivity contribution in [2.75, 3.05) is 6.61 Å². The average Bonchev–Trinajstić information content (AvgIpc) is 3.14. The second kappa shape index (κ2) is 9.90. The summed E-state index contributed by atoms with van der Waals surface area (Å²) in [7, 11) is 0. The van der Waals surface area contributed by atoms with Crippen LogP contribution in [-0.2, 0) is 20.9 Å². The van der Waals surface area contributed by atoms with Gasteiger partial charge in [-0.1, -0.05) is 92.2 Å². The topological polar surface area (TPSA) is 64.6 Å². The highest BCUT2D eigenvalue weighted by Gasteiger charge is 2.30. The van der Waals surface area contributed by atoms with Crippen molar-refractivity contribution in [1.82, 2.24) is 5.32 Å². The van der Waals surface area contributed by atoms with E-state index in [-0.39, 0.29) is 25.0 Å². The predicted molar refractivity (Wildman–Crippen MR) is 128 cm³/mol. The van der Waals surface area contributed by atoms with Crippen molar-refractivity contribution in [2.24, 2.45) is 5.92 Å². The monoisotopic (exact) mass is 443 g/mol. The summed E-state index contributed by atoms with van der Waals surface area (Å²) in [4.78, 5) is 25.3. The summed E-state index contributed by atoms with van der Waals surface area (Å²) in [5.41, 5.74) is 6.66. The molecule has 3 aromatic rings. The van der Waals surface area contributed by atoms with Gasteiger partial charge in [0, 0.05) is 5.92 Å².